The first kappa shape index (κ1) is 23.1. The van der Waals surface area contributed by atoms with Gasteiger partial charge in [0.25, 0.3) is 17.7 Å². The molecule has 33 heavy (non-hydrogen) atoms. The molecule has 166 valence electrons. The number of benzene rings is 3. The molecule has 1 heterocycles. The highest BCUT2D eigenvalue weighted by Crippen LogP contribution is 2.37. The Bertz CT molecular complexity index is 1310. The van der Waals surface area contributed by atoms with Crippen molar-refractivity contribution in [3.8, 4) is 0 Å². The van der Waals surface area contributed by atoms with E-state index in [-0.39, 0.29) is 32.4 Å². The smallest absolute Gasteiger partial charge is 0.283 e. The summed E-state index contributed by atoms with van der Waals surface area (Å²) in [5, 5.41) is 6.12. The highest BCUT2D eigenvalue weighted by atomic mass is 35.5. The molecule has 0 aliphatic carbocycles. The number of carbonyl (C=O) groups excluding carboxylic acids is 3. The molecule has 2 N–H and O–H groups in total. The third-order valence-corrected chi connectivity index (χ3v) is 6.13. The SMILES string of the molecule is O=C(Nc1ccc(Cl)cc1)c1ccc(NC2=C(Cl)C(=O)N(c3cccc(Cl)c3Cl)C2=O)cc1. The van der Waals surface area contributed by atoms with Gasteiger partial charge in [0, 0.05) is 22.0 Å². The molecule has 0 fully saturated rings. The van der Waals surface area contributed by atoms with Crippen molar-refractivity contribution in [3.05, 3.63) is 98.1 Å². The summed E-state index contributed by atoms with van der Waals surface area (Å²) in [6.07, 6.45) is 0. The molecule has 0 saturated heterocycles. The average molecular weight is 521 g/mol. The van der Waals surface area contributed by atoms with E-state index >= 15 is 0 Å². The Morgan fingerprint density at radius 3 is 2.06 bits per heavy atom. The minimum Gasteiger partial charge on any atom is -0.350 e. The van der Waals surface area contributed by atoms with E-state index in [2.05, 4.69) is 10.6 Å². The van der Waals surface area contributed by atoms with Crippen molar-refractivity contribution < 1.29 is 14.4 Å². The zero-order valence-electron chi connectivity index (χ0n) is 16.5. The number of nitrogens with zero attached hydrogens (tertiary/aromatic N) is 1. The van der Waals surface area contributed by atoms with E-state index < -0.39 is 11.8 Å². The maximum Gasteiger partial charge on any atom is 0.283 e. The number of anilines is 3. The Labute approximate surface area is 208 Å². The fourth-order valence-electron chi connectivity index (χ4n) is 3.08. The molecule has 0 spiro atoms. The van der Waals surface area contributed by atoms with Crippen molar-refractivity contribution in [1.29, 1.82) is 0 Å². The fraction of sp³-hybridized carbons (Fsp3) is 0. The number of amides is 3. The van der Waals surface area contributed by atoms with Crippen LogP contribution in [0.5, 0.6) is 0 Å². The van der Waals surface area contributed by atoms with Crippen LogP contribution in [-0.2, 0) is 9.59 Å². The zero-order chi connectivity index (χ0) is 23.7. The van der Waals surface area contributed by atoms with E-state index in [0.29, 0.717) is 22.0 Å². The number of halogens is 4. The first-order valence-electron chi connectivity index (χ1n) is 9.43. The van der Waals surface area contributed by atoms with Crippen LogP contribution in [0, 0.1) is 0 Å². The Morgan fingerprint density at radius 2 is 1.39 bits per heavy atom. The van der Waals surface area contributed by atoms with Crippen LogP contribution in [0.1, 0.15) is 10.4 Å². The lowest BCUT2D eigenvalue weighted by atomic mass is 10.2. The summed E-state index contributed by atoms with van der Waals surface area (Å²) in [7, 11) is 0. The van der Waals surface area contributed by atoms with Gasteiger partial charge >= 0.3 is 0 Å². The summed E-state index contributed by atoms with van der Waals surface area (Å²) < 4.78 is 0. The summed E-state index contributed by atoms with van der Waals surface area (Å²) in [5.74, 6) is -1.74. The van der Waals surface area contributed by atoms with Gasteiger partial charge in [-0.1, -0.05) is 52.5 Å². The van der Waals surface area contributed by atoms with Gasteiger partial charge in [-0.05, 0) is 60.7 Å². The Kier molecular flexibility index (Phi) is 6.63. The van der Waals surface area contributed by atoms with Crippen molar-refractivity contribution in [2.24, 2.45) is 0 Å². The molecule has 0 radical (unpaired) electrons. The molecule has 0 aromatic heterocycles. The Hall–Kier alpha value is -3.03. The van der Waals surface area contributed by atoms with Gasteiger partial charge < -0.3 is 10.6 Å². The van der Waals surface area contributed by atoms with E-state index in [9.17, 15) is 14.4 Å². The van der Waals surface area contributed by atoms with Crippen molar-refractivity contribution in [1.82, 2.24) is 0 Å². The molecule has 10 heteroatoms. The first-order chi connectivity index (χ1) is 15.8. The summed E-state index contributed by atoms with van der Waals surface area (Å²) in [6, 6.07) is 17.6. The molecule has 1 aliphatic heterocycles. The molecule has 6 nitrogen and oxygen atoms in total. The molecular formula is C23H13Cl4N3O3. The topological polar surface area (TPSA) is 78.5 Å². The number of rotatable bonds is 5. The van der Waals surface area contributed by atoms with Crippen molar-refractivity contribution in [2.75, 3.05) is 15.5 Å². The van der Waals surface area contributed by atoms with E-state index in [1.54, 1.807) is 54.6 Å². The minimum absolute atomic E-state index is 0.0580. The average Bonchev–Trinajstić information content (AvgIpc) is 3.01. The summed E-state index contributed by atoms with van der Waals surface area (Å²) in [6.45, 7) is 0. The molecular weight excluding hydrogens is 508 g/mol. The molecule has 3 aromatic carbocycles. The second-order valence-electron chi connectivity index (χ2n) is 6.87. The van der Waals surface area contributed by atoms with E-state index in [4.69, 9.17) is 46.4 Å². The lowest BCUT2D eigenvalue weighted by Crippen LogP contribution is -2.32. The highest BCUT2D eigenvalue weighted by Gasteiger charge is 2.40. The lowest BCUT2D eigenvalue weighted by Gasteiger charge is -2.17. The fourth-order valence-corrected chi connectivity index (χ4v) is 3.80. The molecule has 0 atom stereocenters. The largest absolute Gasteiger partial charge is 0.350 e. The molecule has 0 unspecified atom stereocenters. The molecule has 1 aliphatic rings. The summed E-state index contributed by atoms with van der Waals surface area (Å²) in [5.41, 5.74) is 1.45. The standard InChI is InChI=1S/C23H13Cl4N3O3/c24-13-6-10-15(11-7-13)29-21(31)12-4-8-14(9-5-12)28-20-19(27)22(32)30(23(20)33)17-3-1-2-16(25)18(17)26/h1-11,28H,(H,29,31). The van der Waals surface area contributed by atoms with Gasteiger partial charge in [-0.2, -0.15) is 0 Å². The minimum atomic E-state index is -0.729. The third-order valence-electron chi connectivity index (χ3n) is 4.72. The number of carbonyl (C=O) groups is 3. The van der Waals surface area contributed by atoms with E-state index in [1.165, 1.54) is 12.1 Å². The van der Waals surface area contributed by atoms with Gasteiger partial charge in [0.2, 0.25) is 0 Å². The van der Waals surface area contributed by atoms with Gasteiger partial charge in [-0.15, -0.1) is 0 Å². The van der Waals surface area contributed by atoms with Crippen LogP contribution in [0.3, 0.4) is 0 Å². The van der Waals surface area contributed by atoms with Crippen LogP contribution in [-0.4, -0.2) is 17.7 Å². The van der Waals surface area contributed by atoms with Crippen molar-refractivity contribution in [3.63, 3.8) is 0 Å². The van der Waals surface area contributed by atoms with Gasteiger partial charge in [0.1, 0.15) is 10.7 Å². The van der Waals surface area contributed by atoms with Crippen molar-refractivity contribution in [2.45, 2.75) is 0 Å². The third kappa shape index (κ3) is 4.70. The Balaban J connectivity index is 1.50. The zero-order valence-corrected chi connectivity index (χ0v) is 19.6. The quantitative estimate of drug-likeness (QED) is 0.385. The first-order valence-corrected chi connectivity index (χ1v) is 10.9. The number of nitrogens with one attached hydrogen (secondary N) is 2. The number of imide groups is 1. The van der Waals surface area contributed by atoms with Crippen LogP contribution in [0.2, 0.25) is 15.1 Å². The molecule has 3 amide bonds. The summed E-state index contributed by atoms with van der Waals surface area (Å²) in [4.78, 5) is 38.8. The Morgan fingerprint density at radius 1 is 0.758 bits per heavy atom. The van der Waals surface area contributed by atoms with Gasteiger partial charge in [-0.25, -0.2) is 4.90 Å². The predicted molar refractivity (Wildman–Crippen MR) is 131 cm³/mol. The lowest BCUT2D eigenvalue weighted by molar-refractivity contribution is -0.120. The van der Waals surface area contributed by atoms with Crippen molar-refractivity contribution >= 4 is 81.2 Å². The monoisotopic (exact) mass is 519 g/mol. The summed E-state index contributed by atoms with van der Waals surface area (Å²) >= 11 is 24.2. The molecule has 4 rings (SSSR count). The molecule has 3 aromatic rings. The van der Waals surface area contributed by atoms with Crippen LogP contribution < -0.4 is 15.5 Å². The van der Waals surface area contributed by atoms with E-state index in [0.717, 1.165) is 4.90 Å². The van der Waals surface area contributed by atoms with E-state index in [1.807, 2.05) is 0 Å². The van der Waals surface area contributed by atoms with Gasteiger partial charge in [0.05, 0.1) is 15.7 Å². The maximum absolute atomic E-state index is 12.9. The van der Waals surface area contributed by atoms with Crippen LogP contribution in [0.25, 0.3) is 0 Å². The van der Waals surface area contributed by atoms with Crippen LogP contribution >= 0.6 is 46.4 Å². The predicted octanol–water partition coefficient (Wildman–Crippen LogP) is 6.33. The van der Waals surface area contributed by atoms with Crippen LogP contribution in [0.15, 0.2) is 77.5 Å². The normalized spacial score (nSPS) is 13.5. The van der Waals surface area contributed by atoms with Gasteiger partial charge in [0.15, 0.2) is 0 Å². The highest BCUT2D eigenvalue weighted by molar-refractivity contribution is 6.54. The number of hydrogen-bond donors (Lipinski definition) is 2. The maximum atomic E-state index is 12.9. The van der Waals surface area contributed by atoms with Gasteiger partial charge in [-0.3, -0.25) is 14.4 Å². The van der Waals surface area contributed by atoms with Crippen LogP contribution in [0.4, 0.5) is 17.1 Å². The number of hydrogen-bond acceptors (Lipinski definition) is 4. The molecule has 0 bridgehead atoms. The molecule has 0 saturated carbocycles. The second-order valence-corrected chi connectivity index (χ2v) is 8.47. The second kappa shape index (κ2) is 9.45.